The van der Waals surface area contributed by atoms with E-state index in [9.17, 15) is 9.59 Å². The van der Waals surface area contributed by atoms with E-state index in [1.807, 2.05) is 30.3 Å². The quantitative estimate of drug-likeness (QED) is 0.179. The Morgan fingerprint density at radius 3 is 2.59 bits per heavy atom. The second-order valence-corrected chi connectivity index (χ2v) is 6.99. The fourth-order valence-corrected chi connectivity index (χ4v) is 3.40. The number of hydrogen-bond donors (Lipinski definition) is 0. The Labute approximate surface area is 160 Å². The molecule has 1 aliphatic carbocycles. The smallest absolute Gasteiger partial charge is 0.318 e. The van der Waals surface area contributed by atoms with Gasteiger partial charge in [-0.05, 0) is 48.1 Å². The third-order valence-electron chi connectivity index (χ3n) is 4.90. The zero-order chi connectivity index (χ0) is 19.2. The highest BCUT2D eigenvalue weighted by atomic mass is 16.7. The molecule has 27 heavy (non-hydrogen) atoms. The number of oxime groups is 1. The van der Waals surface area contributed by atoms with E-state index < -0.39 is 0 Å². The van der Waals surface area contributed by atoms with E-state index in [2.05, 4.69) is 24.2 Å². The molecule has 0 unspecified atom stereocenters. The lowest BCUT2D eigenvalue weighted by Crippen LogP contribution is -2.13. The van der Waals surface area contributed by atoms with Crippen LogP contribution >= 0.6 is 0 Å². The molecule has 0 saturated carbocycles. The summed E-state index contributed by atoms with van der Waals surface area (Å²) < 4.78 is 0. The molecule has 0 fully saturated rings. The second kappa shape index (κ2) is 8.76. The van der Waals surface area contributed by atoms with E-state index in [0.717, 1.165) is 37.7 Å². The third-order valence-corrected chi connectivity index (χ3v) is 4.90. The van der Waals surface area contributed by atoms with Crippen molar-refractivity contribution in [3.05, 3.63) is 59.2 Å². The number of benzene rings is 2. The molecule has 2 aromatic rings. The van der Waals surface area contributed by atoms with Gasteiger partial charge in [-0.2, -0.15) is 0 Å². The van der Waals surface area contributed by atoms with E-state index in [4.69, 9.17) is 4.84 Å². The molecule has 1 aliphatic rings. The minimum Gasteiger partial charge on any atom is -0.318 e. The number of nitrogens with zero attached hydrogens (tertiary/aromatic N) is 1. The van der Waals surface area contributed by atoms with Gasteiger partial charge < -0.3 is 4.84 Å². The van der Waals surface area contributed by atoms with Crippen LogP contribution in [0.3, 0.4) is 0 Å². The van der Waals surface area contributed by atoms with Gasteiger partial charge in [0.15, 0.2) is 0 Å². The van der Waals surface area contributed by atoms with Crippen LogP contribution in [0.5, 0.6) is 0 Å². The van der Waals surface area contributed by atoms with Crippen molar-refractivity contribution in [2.75, 3.05) is 0 Å². The molecule has 3 rings (SSSR count). The van der Waals surface area contributed by atoms with E-state index in [0.29, 0.717) is 12.0 Å². The summed E-state index contributed by atoms with van der Waals surface area (Å²) in [6, 6.07) is 14.0. The fourth-order valence-electron chi connectivity index (χ4n) is 3.40. The lowest BCUT2D eigenvalue weighted by molar-refractivity contribution is -0.143. The first-order valence-corrected chi connectivity index (χ1v) is 9.60. The molecule has 0 N–H and O–H groups in total. The molecule has 0 radical (unpaired) electrons. The van der Waals surface area contributed by atoms with Crippen molar-refractivity contribution < 1.29 is 14.4 Å². The number of hydrogen-bond acceptors (Lipinski definition) is 4. The lowest BCUT2D eigenvalue weighted by Gasteiger charge is -2.05. The van der Waals surface area contributed by atoms with E-state index in [1.54, 1.807) is 6.92 Å². The van der Waals surface area contributed by atoms with Crippen LogP contribution in [-0.4, -0.2) is 17.5 Å². The molecule has 0 bridgehead atoms. The number of ketones is 1. The molecule has 4 heteroatoms. The highest BCUT2D eigenvalue weighted by Crippen LogP contribution is 2.36. The molecule has 0 aliphatic heterocycles. The minimum absolute atomic E-state index is 0.187. The van der Waals surface area contributed by atoms with Gasteiger partial charge >= 0.3 is 5.97 Å². The zero-order valence-corrected chi connectivity index (χ0v) is 16.0. The van der Waals surface area contributed by atoms with Crippen LogP contribution in [0.4, 0.5) is 0 Å². The van der Waals surface area contributed by atoms with Crippen molar-refractivity contribution >= 4 is 17.5 Å². The van der Waals surface area contributed by atoms with Gasteiger partial charge in [-0.25, -0.2) is 4.79 Å². The summed E-state index contributed by atoms with van der Waals surface area (Å²) in [6.07, 6.45) is 5.19. The van der Waals surface area contributed by atoms with Crippen LogP contribution in [0.25, 0.3) is 11.1 Å². The molecule has 4 nitrogen and oxygen atoms in total. The fraction of sp³-hybridized carbons (Fsp3) is 0.348. The van der Waals surface area contributed by atoms with Crippen LogP contribution in [0.15, 0.2) is 47.6 Å². The molecular weight excluding hydrogens is 338 g/mol. The van der Waals surface area contributed by atoms with E-state index >= 15 is 0 Å². The van der Waals surface area contributed by atoms with Gasteiger partial charge in [0, 0.05) is 12.0 Å². The predicted octanol–water partition coefficient (Wildman–Crippen LogP) is 5.33. The van der Waals surface area contributed by atoms with Gasteiger partial charge in [0.25, 0.3) is 0 Å². The van der Waals surface area contributed by atoms with E-state index in [1.165, 1.54) is 16.7 Å². The summed E-state index contributed by atoms with van der Waals surface area (Å²) in [4.78, 5) is 29.2. The van der Waals surface area contributed by atoms with Crippen LogP contribution in [0, 0.1) is 0 Å². The highest BCUT2D eigenvalue weighted by Gasteiger charge is 2.20. The molecule has 0 aromatic heterocycles. The van der Waals surface area contributed by atoms with Gasteiger partial charge in [-0.15, -0.1) is 0 Å². The summed E-state index contributed by atoms with van der Waals surface area (Å²) in [5.74, 6) is -0.602. The highest BCUT2D eigenvalue weighted by molar-refractivity contribution is 6.45. The van der Waals surface area contributed by atoms with Crippen molar-refractivity contribution in [2.24, 2.45) is 5.16 Å². The summed E-state index contributed by atoms with van der Waals surface area (Å²) in [5, 5.41) is 3.75. The Hall–Kier alpha value is -2.75. The van der Waals surface area contributed by atoms with Gasteiger partial charge in [-0.3, -0.25) is 4.79 Å². The number of unbranched alkanes of at least 4 members (excludes halogenated alkanes) is 3. The SMILES string of the molecule is CCCCCCC(=O)O/N=C(/C)C(=O)c1ccc2c(c1)Cc1ccccc1-2. The Bertz CT molecular complexity index is 883. The third kappa shape index (κ3) is 4.51. The Morgan fingerprint density at radius 1 is 1.00 bits per heavy atom. The standard InChI is InChI=1S/C23H25NO3/c1-3-4-5-6-11-22(25)27-24-16(2)23(26)18-12-13-21-19(15-18)14-17-9-7-8-10-20(17)21/h7-10,12-13,15H,3-6,11,14H2,1-2H3/b24-16-. The Morgan fingerprint density at radius 2 is 1.78 bits per heavy atom. The molecule has 0 atom stereocenters. The first-order valence-electron chi connectivity index (χ1n) is 9.60. The minimum atomic E-state index is -0.386. The molecule has 2 aromatic carbocycles. The maximum absolute atomic E-state index is 12.6. The number of Topliss-reactive ketones (excluding diaryl/α,β-unsaturated/α-hetero) is 1. The normalized spacial score (nSPS) is 12.4. The van der Waals surface area contributed by atoms with Gasteiger partial charge in [0.2, 0.25) is 5.78 Å². The summed E-state index contributed by atoms with van der Waals surface area (Å²) in [5.41, 5.74) is 5.58. The number of carbonyl (C=O) groups is 2. The summed E-state index contributed by atoms with van der Waals surface area (Å²) >= 11 is 0. The van der Waals surface area contributed by atoms with Gasteiger partial charge in [0.05, 0.1) is 0 Å². The maximum atomic E-state index is 12.6. The number of carbonyl (C=O) groups excluding carboxylic acids is 2. The molecule has 0 amide bonds. The topological polar surface area (TPSA) is 55.7 Å². The average molecular weight is 363 g/mol. The first-order chi connectivity index (χ1) is 13.1. The van der Waals surface area contributed by atoms with Crippen molar-refractivity contribution in [3.63, 3.8) is 0 Å². The molecular formula is C23H25NO3. The zero-order valence-electron chi connectivity index (χ0n) is 16.0. The van der Waals surface area contributed by atoms with Crippen LogP contribution in [-0.2, 0) is 16.1 Å². The molecule has 0 heterocycles. The van der Waals surface area contributed by atoms with Crippen LogP contribution < -0.4 is 0 Å². The number of rotatable bonds is 8. The predicted molar refractivity (Wildman–Crippen MR) is 107 cm³/mol. The molecule has 140 valence electrons. The van der Waals surface area contributed by atoms with Crippen molar-refractivity contribution in [2.45, 2.75) is 52.4 Å². The van der Waals surface area contributed by atoms with Crippen molar-refractivity contribution in [1.82, 2.24) is 0 Å². The monoisotopic (exact) mass is 363 g/mol. The van der Waals surface area contributed by atoms with Crippen LogP contribution in [0.2, 0.25) is 0 Å². The Kier molecular flexibility index (Phi) is 6.17. The second-order valence-electron chi connectivity index (χ2n) is 6.99. The summed E-state index contributed by atoms with van der Waals surface area (Å²) in [7, 11) is 0. The Balaban J connectivity index is 1.62. The van der Waals surface area contributed by atoms with Gasteiger partial charge in [-0.1, -0.05) is 67.7 Å². The maximum Gasteiger partial charge on any atom is 0.335 e. The first kappa shape index (κ1) is 19.0. The summed E-state index contributed by atoms with van der Waals surface area (Å²) in [6.45, 7) is 3.70. The van der Waals surface area contributed by atoms with E-state index in [-0.39, 0.29) is 17.5 Å². The average Bonchev–Trinajstić information content (AvgIpc) is 3.06. The van der Waals surface area contributed by atoms with Crippen molar-refractivity contribution in [1.29, 1.82) is 0 Å². The lowest BCUT2D eigenvalue weighted by atomic mass is 10.0. The van der Waals surface area contributed by atoms with Crippen molar-refractivity contribution in [3.8, 4) is 11.1 Å². The van der Waals surface area contributed by atoms with Crippen LogP contribution in [0.1, 0.15) is 67.4 Å². The number of fused-ring (bicyclic) bond motifs is 3. The molecule has 0 saturated heterocycles. The largest absolute Gasteiger partial charge is 0.335 e. The van der Waals surface area contributed by atoms with Gasteiger partial charge in [0.1, 0.15) is 5.71 Å². The molecule has 0 spiro atoms.